The smallest absolute Gasteiger partial charge is 0.342 e. The molecule has 0 aliphatic rings. The highest BCUT2D eigenvalue weighted by Gasteiger charge is 2.14. The van der Waals surface area contributed by atoms with E-state index in [9.17, 15) is 9.59 Å². The van der Waals surface area contributed by atoms with Crippen LogP contribution in [0.1, 0.15) is 27.2 Å². The molecular weight excluding hydrogens is 310 g/mol. The summed E-state index contributed by atoms with van der Waals surface area (Å²) in [6, 6.07) is 7.41. The van der Waals surface area contributed by atoms with Crippen molar-refractivity contribution in [3.63, 3.8) is 0 Å². The SMILES string of the molecule is Cc1ccc(OCCNC(=O)COC(=O)c2ccoc2C)c(C)c1. The molecule has 6 heteroatoms. The van der Waals surface area contributed by atoms with Crippen LogP contribution in [0.5, 0.6) is 5.75 Å². The molecule has 0 spiro atoms. The highest BCUT2D eigenvalue weighted by Crippen LogP contribution is 2.18. The number of aryl methyl sites for hydroxylation is 3. The second kappa shape index (κ2) is 8.19. The van der Waals surface area contributed by atoms with Gasteiger partial charge in [0.25, 0.3) is 5.91 Å². The summed E-state index contributed by atoms with van der Waals surface area (Å²) in [5.74, 6) is 0.288. The van der Waals surface area contributed by atoms with Gasteiger partial charge in [0, 0.05) is 0 Å². The quantitative estimate of drug-likeness (QED) is 0.623. The average molecular weight is 331 g/mol. The van der Waals surface area contributed by atoms with E-state index >= 15 is 0 Å². The topological polar surface area (TPSA) is 77.8 Å². The summed E-state index contributed by atoms with van der Waals surface area (Å²) in [5, 5.41) is 2.63. The summed E-state index contributed by atoms with van der Waals surface area (Å²) in [6.07, 6.45) is 1.40. The highest BCUT2D eigenvalue weighted by molar-refractivity contribution is 5.92. The standard InChI is InChI=1S/C18H21NO5/c1-12-4-5-16(13(2)10-12)23-9-7-19-17(20)11-24-18(21)15-6-8-22-14(15)3/h4-6,8,10H,7,9,11H2,1-3H3,(H,19,20). The van der Waals surface area contributed by atoms with Crippen LogP contribution in [0.2, 0.25) is 0 Å². The van der Waals surface area contributed by atoms with Crippen LogP contribution < -0.4 is 10.1 Å². The molecule has 0 bridgehead atoms. The Balaban J connectivity index is 1.66. The number of hydrogen-bond donors (Lipinski definition) is 1. The van der Waals surface area contributed by atoms with Crippen LogP contribution in [0, 0.1) is 20.8 Å². The highest BCUT2D eigenvalue weighted by atomic mass is 16.5. The van der Waals surface area contributed by atoms with Crippen molar-refractivity contribution in [3.8, 4) is 5.75 Å². The summed E-state index contributed by atoms with van der Waals surface area (Å²) >= 11 is 0. The largest absolute Gasteiger partial charge is 0.491 e. The molecule has 0 atom stereocenters. The second-order valence-corrected chi connectivity index (χ2v) is 5.43. The second-order valence-electron chi connectivity index (χ2n) is 5.43. The van der Waals surface area contributed by atoms with Crippen LogP contribution in [0.25, 0.3) is 0 Å². The van der Waals surface area contributed by atoms with Gasteiger partial charge >= 0.3 is 5.97 Å². The van der Waals surface area contributed by atoms with E-state index in [1.54, 1.807) is 6.92 Å². The number of benzene rings is 1. The Labute approximate surface area is 140 Å². The predicted molar refractivity (Wildman–Crippen MR) is 88.1 cm³/mol. The van der Waals surface area contributed by atoms with Crippen molar-refractivity contribution in [2.45, 2.75) is 20.8 Å². The van der Waals surface area contributed by atoms with Crippen molar-refractivity contribution in [3.05, 3.63) is 53.0 Å². The Morgan fingerprint density at radius 1 is 1.17 bits per heavy atom. The Morgan fingerprint density at radius 3 is 2.62 bits per heavy atom. The van der Waals surface area contributed by atoms with Gasteiger partial charge in [-0.25, -0.2) is 4.79 Å². The monoisotopic (exact) mass is 331 g/mol. The number of carbonyl (C=O) groups excluding carboxylic acids is 2. The Kier molecular flexibility index (Phi) is 6.01. The maximum absolute atomic E-state index is 11.7. The van der Waals surface area contributed by atoms with Crippen molar-refractivity contribution < 1.29 is 23.5 Å². The molecule has 1 aromatic carbocycles. The van der Waals surface area contributed by atoms with Crippen molar-refractivity contribution in [1.82, 2.24) is 5.32 Å². The molecule has 1 heterocycles. The van der Waals surface area contributed by atoms with Gasteiger partial charge in [0.2, 0.25) is 0 Å². The van der Waals surface area contributed by atoms with E-state index < -0.39 is 5.97 Å². The molecule has 0 radical (unpaired) electrons. The lowest BCUT2D eigenvalue weighted by molar-refractivity contribution is -0.124. The summed E-state index contributed by atoms with van der Waals surface area (Å²) in [7, 11) is 0. The van der Waals surface area contributed by atoms with Crippen LogP contribution in [-0.4, -0.2) is 31.6 Å². The van der Waals surface area contributed by atoms with E-state index in [0.717, 1.165) is 11.3 Å². The molecule has 0 aliphatic heterocycles. The minimum Gasteiger partial charge on any atom is -0.491 e. The van der Waals surface area contributed by atoms with Gasteiger partial charge < -0.3 is 19.2 Å². The molecule has 1 amide bonds. The van der Waals surface area contributed by atoms with Gasteiger partial charge in [0.1, 0.15) is 23.7 Å². The van der Waals surface area contributed by atoms with Crippen LogP contribution >= 0.6 is 0 Å². The minimum atomic E-state index is -0.581. The third kappa shape index (κ3) is 4.87. The average Bonchev–Trinajstić information content (AvgIpc) is 2.97. The molecule has 6 nitrogen and oxygen atoms in total. The maximum Gasteiger partial charge on any atom is 0.342 e. The fraction of sp³-hybridized carbons (Fsp3) is 0.333. The first-order chi connectivity index (χ1) is 11.5. The zero-order valence-electron chi connectivity index (χ0n) is 14.0. The van der Waals surface area contributed by atoms with Crippen molar-refractivity contribution in [1.29, 1.82) is 0 Å². The molecular formula is C18H21NO5. The van der Waals surface area contributed by atoms with Gasteiger partial charge in [-0.3, -0.25) is 4.79 Å². The Hall–Kier alpha value is -2.76. The van der Waals surface area contributed by atoms with Gasteiger partial charge in [-0.2, -0.15) is 0 Å². The van der Waals surface area contributed by atoms with Gasteiger partial charge in [0.05, 0.1) is 12.8 Å². The number of amides is 1. The van der Waals surface area contributed by atoms with Gasteiger partial charge in [-0.15, -0.1) is 0 Å². The zero-order chi connectivity index (χ0) is 17.5. The molecule has 0 fully saturated rings. The van der Waals surface area contributed by atoms with E-state index in [0.29, 0.717) is 24.5 Å². The molecule has 0 saturated heterocycles. The van der Waals surface area contributed by atoms with Crippen LogP contribution in [0.3, 0.4) is 0 Å². The summed E-state index contributed by atoms with van der Waals surface area (Å²) in [4.78, 5) is 23.4. The number of esters is 1. The van der Waals surface area contributed by atoms with Gasteiger partial charge in [-0.1, -0.05) is 17.7 Å². The molecule has 1 aromatic heterocycles. The Morgan fingerprint density at radius 2 is 1.96 bits per heavy atom. The molecule has 2 rings (SSSR count). The summed E-state index contributed by atoms with van der Waals surface area (Å²) in [5.41, 5.74) is 2.54. The van der Waals surface area contributed by atoms with Crippen LogP contribution in [-0.2, 0) is 9.53 Å². The third-order valence-electron chi connectivity index (χ3n) is 3.43. The lowest BCUT2D eigenvalue weighted by Crippen LogP contribution is -2.32. The lowest BCUT2D eigenvalue weighted by atomic mass is 10.1. The molecule has 128 valence electrons. The normalized spacial score (nSPS) is 10.3. The van der Waals surface area contributed by atoms with Crippen molar-refractivity contribution >= 4 is 11.9 Å². The number of hydrogen-bond acceptors (Lipinski definition) is 5. The third-order valence-corrected chi connectivity index (χ3v) is 3.43. The van der Waals surface area contributed by atoms with Gasteiger partial charge in [-0.05, 0) is 38.5 Å². The van der Waals surface area contributed by atoms with Crippen LogP contribution in [0.15, 0.2) is 34.9 Å². The number of nitrogens with one attached hydrogen (secondary N) is 1. The number of rotatable bonds is 7. The van der Waals surface area contributed by atoms with Crippen molar-refractivity contribution in [2.75, 3.05) is 19.8 Å². The molecule has 0 aliphatic carbocycles. The zero-order valence-corrected chi connectivity index (χ0v) is 14.0. The van der Waals surface area contributed by atoms with Crippen LogP contribution in [0.4, 0.5) is 0 Å². The molecule has 0 unspecified atom stereocenters. The Bertz CT molecular complexity index is 720. The first-order valence-electron chi connectivity index (χ1n) is 7.65. The molecule has 24 heavy (non-hydrogen) atoms. The maximum atomic E-state index is 11.7. The summed E-state index contributed by atoms with van der Waals surface area (Å²) < 4.78 is 15.5. The van der Waals surface area contributed by atoms with Gasteiger partial charge in [0.15, 0.2) is 6.61 Å². The first kappa shape index (κ1) is 17.6. The minimum absolute atomic E-state index is 0.320. The number of carbonyl (C=O) groups is 2. The number of furan rings is 1. The van der Waals surface area contributed by atoms with E-state index in [2.05, 4.69) is 5.32 Å². The van der Waals surface area contributed by atoms with E-state index in [4.69, 9.17) is 13.9 Å². The lowest BCUT2D eigenvalue weighted by Gasteiger charge is -2.10. The molecule has 2 aromatic rings. The van der Waals surface area contributed by atoms with E-state index in [1.807, 2.05) is 32.0 Å². The molecule has 0 saturated carbocycles. The number of ether oxygens (including phenoxy) is 2. The predicted octanol–water partition coefficient (Wildman–Crippen LogP) is 2.56. The fourth-order valence-corrected chi connectivity index (χ4v) is 2.17. The van der Waals surface area contributed by atoms with Crippen molar-refractivity contribution in [2.24, 2.45) is 0 Å². The van der Waals surface area contributed by atoms with E-state index in [-0.39, 0.29) is 12.5 Å². The molecule has 1 N–H and O–H groups in total. The fourth-order valence-electron chi connectivity index (χ4n) is 2.17. The van der Waals surface area contributed by atoms with E-state index in [1.165, 1.54) is 17.9 Å². The first-order valence-corrected chi connectivity index (χ1v) is 7.65. The summed E-state index contributed by atoms with van der Waals surface area (Å²) in [6.45, 7) is 5.97.